The lowest BCUT2D eigenvalue weighted by Gasteiger charge is -2.29. The molecule has 6 nitrogen and oxygen atoms in total. The van der Waals surface area contributed by atoms with Gasteiger partial charge in [-0.3, -0.25) is 9.48 Å². The summed E-state index contributed by atoms with van der Waals surface area (Å²) in [5.74, 6) is -0.643. The second kappa shape index (κ2) is 9.89. The molecule has 1 fully saturated rings. The van der Waals surface area contributed by atoms with Gasteiger partial charge in [-0.1, -0.05) is 42.5 Å². The molecule has 7 heteroatoms. The van der Waals surface area contributed by atoms with Crippen LogP contribution in [0.3, 0.4) is 0 Å². The Balaban J connectivity index is 1.33. The van der Waals surface area contributed by atoms with E-state index in [9.17, 15) is 9.18 Å². The fraction of sp³-hybridized carbons (Fsp3) is 0.185. The van der Waals surface area contributed by atoms with Gasteiger partial charge in [0, 0.05) is 36.7 Å². The van der Waals surface area contributed by atoms with Gasteiger partial charge in [-0.05, 0) is 47.0 Å². The lowest BCUT2D eigenvalue weighted by Crippen LogP contribution is -2.36. The molecule has 1 N–H and O–H groups in total. The molecule has 1 aliphatic rings. The van der Waals surface area contributed by atoms with E-state index >= 15 is 0 Å². The van der Waals surface area contributed by atoms with E-state index in [0.717, 1.165) is 16.7 Å². The van der Waals surface area contributed by atoms with Crippen LogP contribution in [-0.2, 0) is 11.3 Å². The Morgan fingerprint density at radius 3 is 2.53 bits per heavy atom. The SMILES string of the molecule is O=C(Nc1ccc(N2CCOCC2)c(F)c1)c1ccccc1-c1ccc(Cn2cccn2)cc1. The van der Waals surface area contributed by atoms with Crippen molar-refractivity contribution in [2.24, 2.45) is 0 Å². The average Bonchev–Trinajstić information content (AvgIpc) is 3.38. The predicted octanol–water partition coefficient (Wildman–Crippen LogP) is 4.83. The minimum atomic E-state index is -0.360. The lowest BCUT2D eigenvalue weighted by atomic mass is 9.98. The van der Waals surface area contributed by atoms with E-state index in [1.807, 2.05) is 64.3 Å². The molecule has 0 spiro atoms. The number of amides is 1. The van der Waals surface area contributed by atoms with Gasteiger partial charge in [-0.15, -0.1) is 0 Å². The fourth-order valence-corrected chi connectivity index (χ4v) is 4.15. The van der Waals surface area contributed by atoms with E-state index in [4.69, 9.17) is 4.74 Å². The van der Waals surface area contributed by atoms with Gasteiger partial charge in [0.15, 0.2) is 0 Å². The normalized spacial score (nSPS) is 13.6. The molecular weight excluding hydrogens is 431 g/mol. The molecule has 1 aromatic heterocycles. The molecule has 4 aromatic rings. The minimum absolute atomic E-state index is 0.283. The maximum atomic E-state index is 14.8. The van der Waals surface area contributed by atoms with Crippen molar-refractivity contribution in [1.29, 1.82) is 0 Å². The maximum absolute atomic E-state index is 14.8. The summed E-state index contributed by atoms with van der Waals surface area (Å²) in [6.45, 7) is 3.15. The summed E-state index contributed by atoms with van der Waals surface area (Å²) < 4.78 is 22.0. The molecule has 0 radical (unpaired) electrons. The first-order chi connectivity index (χ1) is 16.7. The number of ether oxygens (including phenoxy) is 1. The highest BCUT2D eigenvalue weighted by Crippen LogP contribution is 2.27. The van der Waals surface area contributed by atoms with Crippen LogP contribution in [0.15, 0.2) is 85.2 Å². The van der Waals surface area contributed by atoms with Crippen LogP contribution in [-0.4, -0.2) is 42.0 Å². The Bertz CT molecular complexity index is 1270. The minimum Gasteiger partial charge on any atom is -0.378 e. The molecule has 1 aliphatic heterocycles. The number of nitrogens with zero attached hydrogens (tertiary/aromatic N) is 3. The molecule has 0 bridgehead atoms. The highest BCUT2D eigenvalue weighted by molar-refractivity contribution is 6.08. The third kappa shape index (κ3) is 4.84. The van der Waals surface area contributed by atoms with Crippen molar-refractivity contribution in [2.45, 2.75) is 6.54 Å². The Hall–Kier alpha value is -3.97. The third-order valence-corrected chi connectivity index (χ3v) is 5.90. The molecule has 172 valence electrons. The van der Waals surface area contributed by atoms with Crippen LogP contribution in [0.5, 0.6) is 0 Å². The standard InChI is InChI=1S/C27H25FN4O2/c28-25-18-22(10-11-26(25)31-14-16-34-17-15-31)30-27(33)24-5-2-1-4-23(24)21-8-6-20(7-9-21)19-32-13-3-12-29-32/h1-13,18H,14-17,19H2,(H,30,33). The quantitative estimate of drug-likeness (QED) is 0.452. The van der Waals surface area contributed by atoms with Crippen LogP contribution in [0, 0.1) is 5.82 Å². The summed E-state index contributed by atoms with van der Waals surface area (Å²) in [5.41, 5.74) is 4.34. The number of nitrogens with one attached hydrogen (secondary N) is 1. The summed E-state index contributed by atoms with van der Waals surface area (Å²) in [7, 11) is 0. The van der Waals surface area contributed by atoms with Crippen molar-refractivity contribution in [3.63, 3.8) is 0 Å². The van der Waals surface area contributed by atoms with Crippen LogP contribution in [0.1, 0.15) is 15.9 Å². The largest absolute Gasteiger partial charge is 0.378 e. The zero-order chi connectivity index (χ0) is 23.3. The van der Waals surface area contributed by atoms with Crippen molar-refractivity contribution in [3.05, 3.63) is 102 Å². The number of rotatable bonds is 6. The summed E-state index contributed by atoms with van der Waals surface area (Å²) in [6.07, 6.45) is 3.68. The first kappa shape index (κ1) is 21.9. The maximum Gasteiger partial charge on any atom is 0.256 e. The molecule has 2 heterocycles. The van der Waals surface area contributed by atoms with Crippen LogP contribution < -0.4 is 10.2 Å². The van der Waals surface area contributed by atoms with Gasteiger partial charge in [0.1, 0.15) is 5.82 Å². The van der Waals surface area contributed by atoms with E-state index < -0.39 is 0 Å². The van der Waals surface area contributed by atoms with Gasteiger partial charge >= 0.3 is 0 Å². The van der Waals surface area contributed by atoms with E-state index in [2.05, 4.69) is 10.4 Å². The molecule has 34 heavy (non-hydrogen) atoms. The number of halogens is 1. The Labute approximate surface area is 197 Å². The van der Waals surface area contributed by atoms with Crippen LogP contribution >= 0.6 is 0 Å². The second-order valence-electron chi connectivity index (χ2n) is 8.17. The predicted molar refractivity (Wildman–Crippen MR) is 131 cm³/mol. The Morgan fingerprint density at radius 2 is 1.79 bits per heavy atom. The molecule has 1 saturated heterocycles. The monoisotopic (exact) mass is 456 g/mol. The number of morpholine rings is 1. The first-order valence-corrected chi connectivity index (χ1v) is 11.3. The number of aromatic nitrogens is 2. The zero-order valence-electron chi connectivity index (χ0n) is 18.7. The molecule has 3 aromatic carbocycles. The number of benzene rings is 3. The second-order valence-corrected chi connectivity index (χ2v) is 8.17. The van der Waals surface area contributed by atoms with E-state index in [1.54, 1.807) is 24.4 Å². The summed E-state index contributed by atoms with van der Waals surface area (Å²) >= 11 is 0. The van der Waals surface area contributed by atoms with E-state index in [-0.39, 0.29) is 11.7 Å². The topological polar surface area (TPSA) is 59.4 Å². The molecule has 0 atom stereocenters. The van der Waals surface area contributed by atoms with E-state index in [1.165, 1.54) is 6.07 Å². The molecule has 1 amide bonds. The number of carbonyl (C=O) groups excluding carboxylic acids is 1. The summed E-state index contributed by atoms with van der Waals surface area (Å²) in [6, 6.07) is 22.2. The first-order valence-electron chi connectivity index (χ1n) is 11.3. The van der Waals surface area contributed by atoms with Gasteiger partial charge in [0.2, 0.25) is 0 Å². The molecular formula is C27H25FN4O2. The number of carbonyl (C=O) groups is 1. The van der Waals surface area contributed by atoms with Crippen molar-refractivity contribution < 1.29 is 13.9 Å². The number of anilines is 2. The van der Waals surface area contributed by atoms with Crippen molar-refractivity contribution in [2.75, 3.05) is 36.5 Å². The van der Waals surface area contributed by atoms with Gasteiger partial charge < -0.3 is 15.0 Å². The molecule has 5 rings (SSSR count). The lowest BCUT2D eigenvalue weighted by molar-refractivity contribution is 0.102. The fourth-order valence-electron chi connectivity index (χ4n) is 4.15. The van der Waals surface area contributed by atoms with Crippen molar-refractivity contribution in [3.8, 4) is 11.1 Å². The molecule has 0 aliphatic carbocycles. The highest BCUT2D eigenvalue weighted by atomic mass is 19.1. The number of hydrogen-bond acceptors (Lipinski definition) is 4. The molecule has 0 unspecified atom stereocenters. The smallest absolute Gasteiger partial charge is 0.256 e. The van der Waals surface area contributed by atoms with Crippen molar-refractivity contribution in [1.82, 2.24) is 9.78 Å². The van der Waals surface area contributed by atoms with Crippen LogP contribution in [0.2, 0.25) is 0 Å². The van der Waals surface area contributed by atoms with Crippen LogP contribution in [0.25, 0.3) is 11.1 Å². The van der Waals surface area contributed by atoms with E-state index in [0.29, 0.717) is 49.8 Å². The molecule has 0 saturated carbocycles. The van der Waals surface area contributed by atoms with Gasteiger partial charge in [-0.2, -0.15) is 5.10 Å². The Morgan fingerprint density at radius 1 is 1.00 bits per heavy atom. The summed E-state index contributed by atoms with van der Waals surface area (Å²) in [4.78, 5) is 15.1. The van der Waals surface area contributed by atoms with Gasteiger partial charge in [0.25, 0.3) is 5.91 Å². The zero-order valence-corrected chi connectivity index (χ0v) is 18.7. The van der Waals surface area contributed by atoms with Gasteiger partial charge in [0.05, 0.1) is 25.4 Å². The summed E-state index contributed by atoms with van der Waals surface area (Å²) in [5, 5.41) is 7.08. The van der Waals surface area contributed by atoms with Crippen molar-refractivity contribution >= 4 is 17.3 Å². The highest BCUT2D eigenvalue weighted by Gasteiger charge is 2.17. The third-order valence-electron chi connectivity index (χ3n) is 5.90. The number of hydrogen-bond donors (Lipinski definition) is 1. The average molecular weight is 457 g/mol. The Kier molecular flexibility index (Phi) is 6.35. The van der Waals surface area contributed by atoms with Gasteiger partial charge in [-0.25, -0.2) is 4.39 Å². The van der Waals surface area contributed by atoms with Crippen LogP contribution in [0.4, 0.5) is 15.8 Å².